The lowest BCUT2D eigenvalue weighted by atomic mass is 9.94. The van der Waals surface area contributed by atoms with E-state index >= 15 is 0 Å². The van der Waals surface area contributed by atoms with Crippen molar-refractivity contribution in [1.29, 1.82) is 0 Å². The summed E-state index contributed by atoms with van der Waals surface area (Å²) in [4.78, 5) is 25.3. The summed E-state index contributed by atoms with van der Waals surface area (Å²) in [7, 11) is 0. The van der Waals surface area contributed by atoms with Gasteiger partial charge in [-0.2, -0.15) is 4.98 Å². The van der Waals surface area contributed by atoms with Crippen LogP contribution in [0.15, 0.2) is 16.9 Å². The van der Waals surface area contributed by atoms with Crippen molar-refractivity contribution in [2.45, 2.75) is 26.2 Å². The maximum atomic E-state index is 10.8. The van der Waals surface area contributed by atoms with Crippen molar-refractivity contribution in [2.24, 2.45) is 5.92 Å². The molecule has 3 rings (SSSR count). The molecule has 0 radical (unpaired) electrons. The minimum Gasteiger partial charge on any atom is -0.476 e. The summed E-state index contributed by atoms with van der Waals surface area (Å²) < 4.78 is 5.00. The average Bonchev–Trinajstić information content (AvgIpc) is 2.93. The number of hydrogen-bond acceptors (Lipinski definition) is 7. The van der Waals surface area contributed by atoms with E-state index in [4.69, 9.17) is 9.63 Å². The van der Waals surface area contributed by atoms with Gasteiger partial charge in [-0.25, -0.2) is 14.8 Å². The maximum absolute atomic E-state index is 10.8. The monoisotopic (exact) mass is 303 g/mol. The van der Waals surface area contributed by atoms with E-state index in [1.54, 1.807) is 6.92 Å². The van der Waals surface area contributed by atoms with Crippen LogP contribution in [0.2, 0.25) is 0 Å². The minimum atomic E-state index is -1.07. The third kappa shape index (κ3) is 3.21. The number of anilines is 1. The van der Waals surface area contributed by atoms with Crippen molar-refractivity contribution in [1.82, 2.24) is 20.1 Å². The number of carboxylic acid groups (broad SMARTS) is 1. The van der Waals surface area contributed by atoms with Crippen molar-refractivity contribution >= 4 is 11.8 Å². The number of piperidine rings is 1. The number of hydrogen-bond donors (Lipinski definition) is 1. The van der Waals surface area contributed by atoms with Crippen LogP contribution in [0.25, 0.3) is 0 Å². The predicted molar refractivity (Wildman–Crippen MR) is 76.7 cm³/mol. The van der Waals surface area contributed by atoms with E-state index in [0.717, 1.165) is 38.2 Å². The Bertz CT molecular complexity index is 655. The smallest absolute Gasteiger partial charge is 0.356 e. The van der Waals surface area contributed by atoms with Crippen LogP contribution in [0.1, 0.15) is 35.0 Å². The summed E-state index contributed by atoms with van der Waals surface area (Å²) in [5, 5.41) is 12.8. The fourth-order valence-electron chi connectivity index (χ4n) is 2.72. The molecule has 1 saturated heterocycles. The van der Waals surface area contributed by atoms with Gasteiger partial charge in [-0.3, -0.25) is 0 Å². The number of aryl methyl sites for hydroxylation is 1. The van der Waals surface area contributed by atoms with E-state index in [2.05, 4.69) is 25.0 Å². The Morgan fingerprint density at radius 2 is 2.32 bits per heavy atom. The first-order valence-electron chi connectivity index (χ1n) is 7.21. The molecule has 2 aromatic rings. The summed E-state index contributed by atoms with van der Waals surface area (Å²) in [6.07, 6.45) is 5.73. The lowest BCUT2D eigenvalue weighted by Gasteiger charge is -2.32. The zero-order valence-corrected chi connectivity index (χ0v) is 12.3. The summed E-state index contributed by atoms with van der Waals surface area (Å²) in [6, 6.07) is 0. The van der Waals surface area contributed by atoms with E-state index in [-0.39, 0.29) is 5.69 Å². The second-order valence-corrected chi connectivity index (χ2v) is 5.45. The highest BCUT2D eigenvalue weighted by atomic mass is 16.5. The lowest BCUT2D eigenvalue weighted by Crippen LogP contribution is -2.37. The standard InChI is InChI=1S/C14H17N5O3/c1-9-17-12(18-22-9)5-10-3-2-4-19(8-10)13-7-15-11(6-16-13)14(20)21/h6-7,10H,2-5,8H2,1H3,(H,20,21). The molecule has 1 fully saturated rings. The molecule has 1 aliphatic rings. The van der Waals surface area contributed by atoms with Crippen molar-refractivity contribution in [3.8, 4) is 0 Å². The molecule has 0 aliphatic carbocycles. The highest BCUT2D eigenvalue weighted by molar-refractivity contribution is 5.84. The Balaban J connectivity index is 1.66. The molecule has 8 nitrogen and oxygen atoms in total. The third-order valence-corrected chi connectivity index (χ3v) is 3.74. The van der Waals surface area contributed by atoms with Crippen LogP contribution >= 0.6 is 0 Å². The van der Waals surface area contributed by atoms with Gasteiger partial charge in [-0.05, 0) is 18.8 Å². The van der Waals surface area contributed by atoms with Crippen LogP contribution in [0.4, 0.5) is 5.82 Å². The van der Waals surface area contributed by atoms with Crippen LogP contribution in [0, 0.1) is 12.8 Å². The van der Waals surface area contributed by atoms with Gasteiger partial charge in [-0.1, -0.05) is 5.16 Å². The molecule has 0 spiro atoms. The molecule has 8 heteroatoms. The quantitative estimate of drug-likeness (QED) is 0.901. The third-order valence-electron chi connectivity index (χ3n) is 3.74. The first-order chi connectivity index (χ1) is 10.6. The van der Waals surface area contributed by atoms with Crippen LogP contribution in [-0.2, 0) is 6.42 Å². The van der Waals surface area contributed by atoms with Gasteiger partial charge in [0.25, 0.3) is 0 Å². The summed E-state index contributed by atoms with van der Waals surface area (Å²) in [6.45, 7) is 3.50. The van der Waals surface area contributed by atoms with E-state index < -0.39 is 5.97 Å². The van der Waals surface area contributed by atoms with Crippen molar-refractivity contribution < 1.29 is 14.4 Å². The van der Waals surface area contributed by atoms with E-state index in [1.165, 1.54) is 12.4 Å². The topological polar surface area (TPSA) is 105 Å². The molecule has 0 amide bonds. The Labute approximate surface area is 127 Å². The Morgan fingerprint density at radius 1 is 1.45 bits per heavy atom. The van der Waals surface area contributed by atoms with Gasteiger partial charge in [0, 0.05) is 26.4 Å². The Kier molecular flexibility index (Phi) is 3.99. The molecule has 22 heavy (non-hydrogen) atoms. The largest absolute Gasteiger partial charge is 0.476 e. The molecule has 116 valence electrons. The minimum absolute atomic E-state index is 0.0421. The summed E-state index contributed by atoms with van der Waals surface area (Å²) in [5.41, 5.74) is -0.0421. The van der Waals surface area contributed by atoms with E-state index in [1.807, 2.05) is 0 Å². The Hall–Kier alpha value is -2.51. The van der Waals surface area contributed by atoms with Crippen molar-refractivity contribution in [3.05, 3.63) is 29.8 Å². The maximum Gasteiger partial charge on any atom is 0.356 e. The van der Waals surface area contributed by atoms with Crippen LogP contribution in [0.3, 0.4) is 0 Å². The van der Waals surface area contributed by atoms with Gasteiger partial charge in [0.1, 0.15) is 5.82 Å². The fourth-order valence-corrected chi connectivity index (χ4v) is 2.72. The number of carboxylic acids is 1. The second kappa shape index (κ2) is 6.08. The fraction of sp³-hybridized carbons (Fsp3) is 0.500. The molecule has 0 saturated carbocycles. The lowest BCUT2D eigenvalue weighted by molar-refractivity contribution is 0.0690. The zero-order chi connectivity index (χ0) is 15.5. The van der Waals surface area contributed by atoms with Gasteiger partial charge in [0.15, 0.2) is 11.5 Å². The number of aromatic nitrogens is 4. The molecule has 0 aromatic carbocycles. The summed E-state index contributed by atoms with van der Waals surface area (Å²) in [5.74, 6) is 1.38. The zero-order valence-electron chi connectivity index (χ0n) is 12.3. The molecule has 3 heterocycles. The number of carbonyl (C=O) groups is 1. The molecule has 1 atom stereocenters. The highest BCUT2D eigenvalue weighted by Gasteiger charge is 2.23. The first-order valence-corrected chi connectivity index (χ1v) is 7.21. The average molecular weight is 303 g/mol. The Morgan fingerprint density at radius 3 is 2.95 bits per heavy atom. The van der Waals surface area contributed by atoms with E-state index in [0.29, 0.717) is 17.6 Å². The van der Waals surface area contributed by atoms with Crippen LogP contribution in [-0.4, -0.2) is 44.3 Å². The van der Waals surface area contributed by atoms with Crippen LogP contribution < -0.4 is 4.90 Å². The molecule has 1 unspecified atom stereocenters. The normalized spacial score (nSPS) is 18.4. The van der Waals surface area contributed by atoms with Gasteiger partial charge in [-0.15, -0.1) is 0 Å². The van der Waals surface area contributed by atoms with Crippen molar-refractivity contribution in [3.63, 3.8) is 0 Å². The molecular weight excluding hydrogens is 286 g/mol. The SMILES string of the molecule is Cc1nc(CC2CCCN(c3cnc(C(=O)O)cn3)C2)no1. The highest BCUT2D eigenvalue weighted by Crippen LogP contribution is 2.23. The molecule has 1 aliphatic heterocycles. The molecular formula is C14H17N5O3. The van der Waals surface area contributed by atoms with Gasteiger partial charge < -0.3 is 14.5 Å². The second-order valence-electron chi connectivity index (χ2n) is 5.45. The number of nitrogens with zero attached hydrogens (tertiary/aromatic N) is 5. The molecule has 2 aromatic heterocycles. The number of rotatable bonds is 4. The first kappa shape index (κ1) is 14.4. The van der Waals surface area contributed by atoms with E-state index in [9.17, 15) is 4.79 Å². The number of aromatic carboxylic acids is 1. The van der Waals surface area contributed by atoms with Gasteiger partial charge in [0.2, 0.25) is 5.89 Å². The molecule has 0 bridgehead atoms. The molecule has 1 N–H and O–H groups in total. The van der Waals surface area contributed by atoms with Gasteiger partial charge in [0.05, 0.1) is 12.4 Å². The van der Waals surface area contributed by atoms with Crippen LogP contribution in [0.5, 0.6) is 0 Å². The van der Waals surface area contributed by atoms with Gasteiger partial charge >= 0.3 is 5.97 Å². The predicted octanol–water partition coefficient (Wildman–Crippen LogP) is 1.33. The summed E-state index contributed by atoms with van der Waals surface area (Å²) >= 11 is 0. The van der Waals surface area contributed by atoms with Crippen molar-refractivity contribution in [2.75, 3.05) is 18.0 Å².